The van der Waals surface area contributed by atoms with Crippen molar-refractivity contribution in [2.45, 2.75) is 12.8 Å². The third-order valence-corrected chi connectivity index (χ3v) is 3.56. The maximum Gasteiger partial charge on any atom is 0.217 e. The van der Waals surface area contributed by atoms with Crippen molar-refractivity contribution in [2.75, 3.05) is 19.0 Å². The summed E-state index contributed by atoms with van der Waals surface area (Å²) in [6.07, 6.45) is 2.48. The van der Waals surface area contributed by atoms with Crippen LogP contribution in [0.5, 0.6) is 0 Å². The number of oxazole rings is 1. The van der Waals surface area contributed by atoms with E-state index in [-0.39, 0.29) is 12.3 Å². The van der Waals surface area contributed by atoms with Crippen molar-refractivity contribution < 1.29 is 9.21 Å². The monoisotopic (exact) mass is 310 g/mol. The van der Waals surface area contributed by atoms with Gasteiger partial charge in [-0.2, -0.15) is 0 Å². The average Bonchev–Trinajstić information content (AvgIpc) is 2.95. The number of aromatic nitrogens is 2. The molecule has 6 heteroatoms. The largest absolute Gasteiger partial charge is 0.441 e. The SMILES string of the molecule is CN(C)c1ccc(-c2ccc3nc(CCC(N)=O)oc3c2)cn1. The maximum absolute atomic E-state index is 10.8. The Morgan fingerprint density at radius 2 is 2.00 bits per heavy atom. The lowest BCUT2D eigenvalue weighted by Crippen LogP contribution is -2.11. The molecule has 1 aromatic carbocycles. The van der Waals surface area contributed by atoms with Crippen molar-refractivity contribution in [1.29, 1.82) is 0 Å². The van der Waals surface area contributed by atoms with Crippen LogP contribution in [0.4, 0.5) is 5.82 Å². The van der Waals surface area contributed by atoms with Crippen LogP contribution in [-0.4, -0.2) is 30.0 Å². The lowest BCUT2D eigenvalue weighted by Gasteiger charge is -2.11. The molecule has 0 saturated heterocycles. The second-order valence-electron chi connectivity index (χ2n) is 5.56. The number of amides is 1. The molecule has 2 aromatic heterocycles. The van der Waals surface area contributed by atoms with Gasteiger partial charge in [-0.1, -0.05) is 6.07 Å². The zero-order chi connectivity index (χ0) is 16.4. The summed E-state index contributed by atoms with van der Waals surface area (Å²) in [5.41, 5.74) is 8.63. The molecule has 0 aliphatic carbocycles. The van der Waals surface area contributed by atoms with Gasteiger partial charge in [0.1, 0.15) is 11.3 Å². The molecular weight excluding hydrogens is 292 g/mol. The third kappa shape index (κ3) is 3.31. The van der Waals surface area contributed by atoms with Crippen LogP contribution in [0.25, 0.3) is 22.2 Å². The number of pyridine rings is 1. The van der Waals surface area contributed by atoms with Gasteiger partial charge in [-0.15, -0.1) is 0 Å². The number of rotatable bonds is 5. The number of hydrogen-bond donors (Lipinski definition) is 1. The van der Waals surface area contributed by atoms with Crippen molar-refractivity contribution >= 4 is 22.8 Å². The van der Waals surface area contributed by atoms with E-state index in [0.29, 0.717) is 17.9 Å². The molecule has 0 bridgehead atoms. The molecule has 118 valence electrons. The first-order valence-electron chi connectivity index (χ1n) is 7.34. The van der Waals surface area contributed by atoms with Gasteiger partial charge in [-0.05, 0) is 29.8 Å². The molecule has 1 amide bonds. The molecule has 0 unspecified atom stereocenters. The summed E-state index contributed by atoms with van der Waals surface area (Å²) in [6, 6.07) is 9.81. The van der Waals surface area contributed by atoms with E-state index in [2.05, 4.69) is 9.97 Å². The van der Waals surface area contributed by atoms with Crippen LogP contribution in [0.15, 0.2) is 40.9 Å². The Morgan fingerprint density at radius 1 is 1.22 bits per heavy atom. The van der Waals surface area contributed by atoms with Crippen LogP contribution in [0.2, 0.25) is 0 Å². The minimum absolute atomic E-state index is 0.232. The van der Waals surface area contributed by atoms with Crippen LogP contribution in [0, 0.1) is 0 Å². The van der Waals surface area contributed by atoms with Gasteiger partial charge in [0.25, 0.3) is 0 Å². The Kier molecular flexibility index (Phi) is 3.97. The number of carbonyl (C=O) groups excluding carboxylic acids is 1. The Morgan fingerprint density at radius 3 is 2.65 bits per heavy atom. The topological polar surface area (TPSA) is 85.3 Å². The first-order valence-corrected chi connectivity index (χ1v) is 7.34. The van der Waals surface area contributed by atoms with Gasteiger partial charge in [0, 0.05) is 38.7 Å². The molecule has 0 atom stereocenters. The Labute approximate surface area is 133 Å². The third-order valence-electron chi connectivity index (χ3n) is 3.56. The van der Waals surface area contributed by atoms with Gasteiger partial charge in [0.2, 0.25) is 5.91 Å². The van der Waals surface area contributed by atoms with Gasteiger partial charge in [-0.25, -0.2) is 9.97 Å². The number of anilines is 1. The van der Waals surface area contributed by atoms with Gasteiger partial charge in [0.15, 0.2) is 11.5 Å². The van der Waals surface area contributed by atoms with Crippen molar-refractivity contribution in [2.24, 2.45) is 5.73 Å². The molecular formula is C17H18N4O2. The summed E-state index contributed by atoms with van der Waals surface area (Å²) >= 11 is 0. The number of benzene rings is 1. The van der Waals surface area contributed by atoms with E-state index < -0.39 is 0 Å². The van der Waals surface area contributed by atoms with E-state index in [0.717, 1.165) is 22.5 Å². The fourth-order valence-electron chi connectivity index (χ4n) is 2.31. The number of aryl methyl sites for hydroxylation is 1. The number of carbonyl (C=O) groups is 1. The van der Waals surface area contributed by atoms with Crippen molar-refractivity contribution in [3.8, 4) is 11.1 Å². The van der Waals surface area contributed by atoms with Crippen LogP contribution in [0.3, 0.4) is 0 Å². The summed E-state index contributed by atoms with van der Waals surface area (Å²) < 4.78 is 5.70. The highest BCUT2D eigenvalue weighted by Crippen LogP contribution is 2.25. The summed E-state index contributed by atoms with van der Waals surface area (Å²) in [4.78, 5) is 21.6. The highest BCUT2D eigenvalue weighted by Gasteiger charge is 2.09. The van der Waals surface area contributed by atoms with Crippen LogP contribution >= 0.6 is 0 Å². The molecule has 2 heterocycles. The number of nitrogens with zero attached hydrogens (tertiary/aromatic N) is 3. The molecule has 2 N–H and O–H groups in total. The van der Waals surface area contributed by atoms with Crippen LogP contribution in [0.1, 0.15) is 12.3 Å². The summed E-state index contributed by atoms with van der Waals surface area (Å²) in [5, 5.41) is 0. The van der Waals surface area contributed by atoms with E-state index in [1.165, 1.54) is 0 Å². The minimum Gasteiger partial charge on any atom is -0.441 e. The van der Waals surface area contributed by atoms with Gasteiger partial charge in [0.05, 0.1) is 0 Å². The second-order valence-corrected chi connectivity index (χ2v) is 5.56. The van der Waals surface area contributed by atoms with Crippen LogP contribution in [-0.2, 0) is 11.2 Å². The molecule has 0 spiro atoms. The van der Waals surface area contributed by atoms with Gasteiger partial charge < -0.3 is 15.1 Å². The maximum atomic E-state index is 10.8. The summed E-state index contributed by atoms with van der Waals surface area (Å²) in [7, 11) is 3.91. The Bertz CT molecular complexity index is 837. The van der Waals surface area contributed by atoms with Crippen molar-refractivity contribution in [3.05, 3.63) is 42.4 Å². The highest BCUT2D eigenvalue weighted by molar-refractivity contribution is 5.80. The smallest absolute Gasteiger partial charge is 0.217 e. The molecule has 0 radical (unpaired) electrons. The highest BCUT2D eigenvalue weighted by atomic mass is 16.3. The number of nitrogens with two attached hydrogens (primary N) is 1. The van der Waals surface area contributed by atoms with E-state index in [9.17, 15) is 4.79 Å². The standard InChI is InChI=1S/C17H18N4O2/c1-21(2)16-7-4-12(10-19-16)11-3-5-13-14(9-11)23-17(20-13)8-6-15(18)22/h3-5,7,9-10H,6,8H2,1-2H3,(H2,18,22). The lowest BCUT2D eigenvalue weighted by molar-refractivity contribution is -0.118. The molecule has 23 heavy (non-hydrogen) atoms. The Hall–Kier alpha value is -2.89. The number of hydrogen-bond acceptors (Lipinski definition) is 5. The normalized spacial score (nSPS) is 10.9. The fraction of sp³-hybridized carbons (Fsp3) is 0.235. The van der Waals surface area contributed by atoms with E-state index in [4.69, 9.17) is 10.2 Å². The summed E-state index contributed by atoms with van der Waals surface area (Å²) in [6.45, 7) is 0. The van der Waals surface area contributed by atoms with Crippen LogP contribution < -0.4 is 10.6 Å². The first kappa shape index (κ1) is 15.0. The second kappa shape index (κ2) is 6.08. The fourth-order valence-corrected chi connectivity index (χ4v) is 2.31. The molecule has 3 rings (SSSR count). The van der Waals surface area contributed by atoms with Gasteiger partial charge in [-0.3, -0.25) is 4.79 Å². The quantitative estimate of drug-likeness (QED) is 0.782. The predicted octanol–water partition coefficient (Wildman–Crippen LogP) is 2.37. The lowest BCUT2D eigenvalue weighted by atomic mass is 10.1. The average molecular weight is 310 g/mol. The van der Waals surface area contributed by atoms with E-state index in [1.807, 2.05) is 55.5 Å². The van der Waals surface area contributed by atoms with Crippen molar-refractivity contribution in [3.63, 3.8) is 0 Å². The molecule has 6 nitrogen and oxygen atoms in total. The first-order chi connectivity index (χ1) is 11.0. The predicted molar refractivity (Wildman–Crippen MR) is 89.1 cm³/mol. The van der Waals surface area contributed by atoms with E-state index in [1.54, 1.807) is 0 Å². The van der Waals surface area contributed by atoms with Gasteiger partial charge >= 0.3 is 0 Å². The van der Waals surface area contributed by atoms with E-state index >= 15 is 0 Å². The zero-order valence-electron chi connectivity index (χ0n) is 13.1. The molecule has 0 aliphatic heterocycles. The Balaban J connectivity index is 1.88. The minimum atomic E-state index is -0.361. The number of primary amides is 1. The number of fused-ring (bicyclic) bond motifs is 1. The van der Waals surface area contributed by atoms with Crippen molar-refractivity contribution in [1.82, 2.24) is 9.97 Å². The zero-order valence-corrected chi connectivity index (χ0v) is 13.1. The molecule has 0 saturated carbocycles. The molecule has 0 aliphatic rings. The molecule has 3 aromatic rings. The molecule has 0 fully saturated rings. The summed E-state index contributed by atoms with van der Waals surface area (Å²) in [5.74, 6) is 1.07.